The van der Waals surface area contributed by atoms with E-state index >= 15 is 0 Å². The van der Waals surface area contributed by atoms with E-state index in [1.807, 2.05) is 18.2 Å². The van der Waals surface area contributed by atoms with Crippen LogP contribution in [0, 0.1) is 0 Å². The van der Waals surface area contributed by atoms with Crippen LogP contribution < -0.4 is 0 Å². The monoisotopic (exact) mass is 378 g/mol. The van der Waals surface area contributed by atoms with Gasteiger partial charge in [-0.05, 0) is 30.5 Å². The van der Waals surface area contributed by atoms with E-state index in [0.29, 0.717) is 6.10 Å². The van der Waals surface area contributed by atoms with Crippen LogP contribution in [0.4, 0.5) is 0 Å². The maximum Gasteiger partial charge on any atom is 0.0918 e. The summed E-state index contributed by atoms with van der Waals surface area (Å²) < 4.78 is 7.28. The summed E-state index contributed by atoms with van der Waals surface area (Å²) >= 11 is 8.46. The first-order chi connectivity index (χ1) is 8.79. The summed E-state index contributed by atoms with van der Waals surface area (Å²) in [6.07, 6.45) is 8.42. The molecule has 0 amide bonds. The van der Waals surface area contributed by atoms with Crippen LogP contribution in [-0.4, -0.2) is 10.5 Å². The van der Waals surface area contributed by atoms with Crippen molar-refractivity contribution in [2.75, 3.05) is 4.43 Å². The largest absolute Gasteiger partial charge is 0.369 e. The minimum Gasteiger partial charge on any atom is -0.369 e. The lowest BCUT2D eigenvalue weighted by Gasteiger charge is -2.23. The van der Waals surface area contributed by atoms with Crippen molar-refractivity contribution in [3.63, 3.8) is 0 Å². The van der Waals surface area contributed by atoms with Gasteiger partial charge in [-0.15, -0.1) is 0 Å². The molecule has 1 atom stereocenters. The third-order valence-corrected chi connectivity index (χ3v) is 4.55. The fourth-order valence-electron chi connectivity index (χ4n) is 2.52. The van der Waals surface area contributed by atoms with E-state index in [0.717, 1.165) is 9.45 Å². The van der Waals surface area contributed by atoms with Gasteiger partial charge >= 0.3 is 0 Å². The molecule has 0 aromatic heterocycles. The molecule has 1 aromatic carbocycles. The van der Waals surface area contributed by atoms with Gasteiger partial charge in [0.2, 0.25) is 0 Å². The van der Waals surface area contributed by atoms with E-state index in [4.69, 9.17) is 16.3 Å². The van der Waals surface area contributed by atoms with Gasteiger partial charge in [0.25, 0.3) is 0 Å². The highest BCUT2D eigenvalue weighted by molar-refractivity contribution is 14.1. The van der Waals surface area contributed by atoms with E-state index in [1.165, 1.54) is 44.1 Å². The summed E-state index contributed by atoms with van der Waals surface area (Å²) in [4.78, 5) is 0. The summed E-state index contributed by atoms with van der Waals surface area (Å²) in [7, 11) is 0. The first-order valence-corrected chi connectivity index (χ1v) is 8.67. The van der Waals surface area contributed by atoms with Crippen molar-refractivity contribution in [3.05, 3.63) is 34.9 Å². The number of benzene rings is 1. The molecule has 0 radical (unpaired) electrons. The standard InChI is InChI=1S/C15H20ClIO/c16-13-7-5-6-12(10-13)15(11-17)18-14-8-3-1-2-4-9-14/h5-7,10,14-15H,1-4,8-9,11H2. The van der Waals surface area contributed by atoms with Crippen LogP contribution in [0.3, 0.4) is 0 Å². The lowest BCUT2D eigenvalue weighted by atomic mass is 10.1. The zero-order chi connectivity index (χ0) is 12.8. The Bertz CT molecular complexity index is 361. The topological polar surface area (TPSA) is 9.23 Å². The van der Waals surface area contributed by atoms with Crippen LogP contribution in [0.25, 0.3) is 0 Å². The molecule has 0 saturated heterocycles. The minimum absolute atomic E-state index is 0.187. The summed E-state index contributed by atoms with van der Waals surface area (Å²) in [6, 6.07) is 8.07. The van der Waals surface area contributed by atoms with Gasteiger partial charge < -0.3 is 4.74 Å². The summed E-state index contributed by atoms with van der Waals surface area (Å²) in [5, 5.41) is 0.798. The number of ether oxygens (including phenoxy) is 1. The second-order valence-corrected chi connectivity index (χ2v) is 6.26. The van der Waals surface area contributed by atoms with E-state index < -0.39 is 0 Å². The van der Waals surface area contributed by atoms with Gasteiger partial charge in [-0.25, -0.2) is 0 Å². The van der Waals surface area contributed by atoms with Crippen molar-refractivity contribution in [2.45, 2.75) is 50.7 Å². The smallest absolute Gasteiger partial charge is 0.0918 e. The highest BCUT2D eigenvalue weighted by Crippen LogP contribution is 2.28. The molecule has 1 unspecified atom stereocenters. The third kappa shape index (κ3) is 4.39. The van der Waals surface area contributed by atoms with Gasteiger partial charge in [0, 0.05) is 9.45 Å². The lowest BCUT2D eigenvalue weighted by Crippen LogP contribution is -2.17. The molecule has 1 fully saturated rings. The van der Waals surface area contributed by atoms with Crippen molar-refractivity contribution in [1.29, 1.82) is 0 Å². The van der Waals surface area contributed by atoms with Crippen molar-refractivity contribution in [1.82, 2.24) is 0 Å². The van der Waals surface area contributed by atoms with Gasteiger partial charge in [0.05, 0.1) is 12.2 Å². The zero-order valence-electron chi connectivity index (χ0n) is 10.6. The fourth-order valence-corrected chi connectivity index (χ4v) is 3.44. The molecule has 1 saturated carbocycles. The number of alkyl halides is 1. The van der Waals surface area contributed by atoms with Crippen LogP contribution in [0.15, 0.2) is 24.3 Å². The Kier molecular flexibility index (Phi) is 6.25. The van der Waals surface area contributed by atoms with Crippen molar-refractivity contribution in [2.24, 2.45) is 0 Å². The van der Waals surface area contributed by atoms with Crippen LogP contribution in [-0.2, 0) is 4.74 Å². The molecule has 1 aromatic rings. The van der Waals surface area contributed by atoms with Crippen molar-refractivity contribution in [3.8, 4) is 0 Å². The Labute approximate surface area is 128 Å². The Morgan fingerprint density at radius 1 is 1.22 bits per heavy atom. The maximum absolute atomic E-state index is 6.30. The first-order valence-electron chi connectivity index (χ1n) is 6.76. The second kappa shape index (κ2) is 7.71. The maximum atomic E-state index is 6.30. The van der Waals surface area contributed by atoms with Crippen molar-refractivity contribution >= 4 is 34.2 Å². The molecular formula is C15H20ClIO. The molecular weight excluding hydrogens is 359 g/mol. The normalized spacial score (nSPS) is 19.4. The molecule has 1 nitrogen and oxygen atoms in total. The van der Waals surface area contributed by atoms with Gasteiger partial charge in [0.1, 0.15) is 0 Å². The third-order valence-electron chi connectivity index (χ3n) is 3.52. The minimum atomic E-state index is 0.187. The Morgan fingerprint density at radius 3 is 2.56 bits per heavy atom. The van der Waals surface area contributed by atoms with E-state index in [1.54, 1.807) is 0 Å². The fraction of sp³-hybridized carbons (Fsp3) is 0.600. The molecule has 2 rings (SSSR count). The van der Waals surface area contributed by atoms with Gasteiger partial charge in [-0.2, -0.15) is 0 Å². The zero-order valence-corrected chi connectivity index (χ0v) is 13.5. The van der Waals surface area contributed by atoms with E-state index in [2.05, 4.69) is 28.7 Å². The Morgan fingerprint density at radius 2 is 1.94 bits per heavy atom. The molecule has 3 heteroatoms. The first kappa shape index (κ1) is 14.6. The van der Waals surface area contributed by atoms with Crippen LogP contribution in [0.5, 0.6) is 0 Å². The molecule has 0 spiro atoms. The summed E-state index contributed by atoms with van der Waals surface area (Å²) in [5.74, 6) is 0. The van der Waals surface area contributed by atoms with E-state index in [9.17, 15) is 0 Å². The number of hydrogen-bond acceptors (Lipinski definition) is 1. The molecule has 1 aliphatic carbocycles. The van der Waals surface area contributed by atoms with Crippen LogP contribution in [0.2, 0.25) is 5.02 Å². The molecule has 0 heterocycles. The van der Waals surface area contributed by atoms with Crippen LogP contribution >= 0.6 is 34.2 Å². The van der Waals surface area contributed by atoms with Gasteiger partial charge in [-0.3, -0.25) is 0 Å². The highest BCUT2D eigenvalue weighted by Gasteiger charge is 2.19. The molecule has 100 valence electrons. The molecule has 0 bridgehead atoms. The number of rotatable bonds is 4. The average Bonchev–Trinajstić information content (AvgIpc) is 2.64. The predicted molar refractivity (Wildman–Crippen MR) is 85.7 cm³/mol. The lowest BCUT2D eigenvalue weighted by molar-refractivity contribution is -0.00705. The molecule has 18 heavy (non-hydrogen) atoms. The molecule has 1 aliphatic rings. The summed E-state index contributed by atoms with van der Waals surface area (Å²) in [6.45, 7) is 0. The van der Waals surface area contributed by atoms with Crippen molar-refractivity contribution < 1.29 is 4.74 Å². The SMILES string of the molecule is Clc1cccc(C(CI)OC2CCCCCC2)c1. The second-order valence-electron chi connectivity index (χ2n) is 4.95. The predicted octanol–water partition coefficient (Wildman–Crippen LogP) is 5.56. The Balaban J connectivity index is 1.99. The number of halogens is 2. The number of hydrogen-bond donors (Lipinski definition) is 0. The Hall–Kier alpha value is 0.200. The highest BCUT2D eigenvalue weighted by atomic mass is 127. The summed E-state index contributed by atoms with van der Waals surface area (Å²) in [5.41, 5.74) is 1.21. The van der Waals surface area contributed by atoms with Crippen LogP contribution in [0.1, 0.15) is 50.2 Å². The quantitative estimate of drug-likeness (QED) is 0.379. The van der Waals surface area contributed by atoms with Gasteiger partial charge in [-0.1, -0.05) is 72.0 Å². The molecule has 0 N–H and O–H groups in total. The molecule has 0 aliphatic heterocycles. The van der Waals surface area contributed by atoms with Gasteiger partial charge in [0.15, 0.2) is 0 Å². The average molecular weight is 379 g/mol. The van der Waals surface area contributed by atoms with E-state index in [-0.39, 0.29) is 6.10 Å².